The maximum Gasteiger partial charge on any atom is 0.254 e. The Bertz CT molecular complexity index is 1220. The van der Waals surface area contributed by atoms with Crippen molar-refractivity contribution in [1.82, 2.24) is 18.8 Å². The molecule has 2 atom stereocenters. The van der Waals surface area contributed by atoms with Crippen molar-refractivity contribution >= 4 is 50.5 Å². The number of aromatic nitrogens is 3. The average molecular weight is 471 g/mol. The highest BCUT2D eigenvalue weighted by molar-refractivity contribution is 7.88. The van der Waals surface area contributed by atoms with Gasteiger partial charge in [-0.1, -0.05) is 5.11 Å². The molecule has 4 rings (SSSR count). The first-order valence-corrected chi connectivity index (χ1v) is 13.5. The number of nitrogens with one attached hydrogen (secondary N) is 1. The molecule has 2 N–H and O–H groups in total. The van der Waals surface area contributed by atoms with Crippen LogP contribution < -0.4 is 10.9 Å². The van der Waals surface area contributed by atoms with Crippen molar-refractivity contribution < 1.29 is 13.5 Å². The average Bonchev–Trinajstić information content (AvgIpc) is 3.05. The van der Waals surface area contributed by atoms with E-state index in [0.717, 1.165) is 11.8 Å². The molecule has 9 nitrogen and oxygen atoms in total. The normalized spacial score (nSPS) is 25.5. The van der Waals surface area contributed by atoms with Crippen LogP contribution in [0.4, 0.5) is 5.95 Å². The lowest BCUT2D eigenvalue weighted by molar-refractivity contribution is 0.0266. The number of hydrogen-bond acceptors (Lipinski definition) is 7. The molecule has 1 aliphatic carbocycles. The summed E-state index contributed by atoms with van der Waals surface area (Å²) in [5.74, 6) is 0.412. The molecule has 2 aliphatic rings. The summed E-state index contributed by atoms with van der Waals surface area (Å²) in [5.41, 5.74) is 0.0965. The zero-order chi connectivity index (χ0) is 24.2. The third-order valence-corrected chi connectivity index (χ3v) is 8.33. The van der Waals surface area contributed by atoms with Gasteiger partial charge in [0.2, 0.25) is 16.0 Å². The highest BCUT2D eigenvalue weighted by atomic mass is 32.2. The summed E-state index contributed by atoms with van der Waals surface area (Å²) in [7, 11) is 2.83. The van der Waals surface area contributed by atoms with Crippen LogP contribution in [0.3, 0.4) is 0 Å². The SMILES string of the molecule is BC(B)(B)c1cc2cnc(NC3CCN(S(C)(=O)=O)CC3)nc2n(C2CCCC2(C)O)c1=O. The molecule has 2 aromatic heterocycles. The van der Waals surface area contributed by atoms with Gasteiger partial charge in [-0.05, 0) is 45.1 Å². The molecule has 13 heteroatoms. The highest BCUT2D eigenvalue weighted by Crippen LogP contribution is 2.39. The van der Waals surface area contributed by atoms with E-state index in [9.17, 15) is 18.3 Å². The first-order valence-electron chi connectivity index (χ1n) is 11.6. The van der Waals surface area contributed by atoms with Gasteiger partial charge in [0.25, 0.3) is 5.56 Å². The monoisotopic (exact) mass is 471 g/mol. The van der Waals surface area contributed by atoms with Gasteiger partial charge in [0, 0.05) is 36.3 Å². The maximum absolute atomic E-state index is 13.6. The Kier molecular flexibility index (Phi) is 6.20. The summed E-state index contributed by atoms with van der Waals surface area (Å²) >= 11 is 0. The summed E-state index contributed by atoms with van der Waals surface area (Å²) in [6.07, 6.45) is 6.47. The van der Waals surface area contributed by atoms with E-state index in [0.29, 0.717) is 55.9 Å². The molecule has 1 saturated heterocycles. The Balaban J connectivity index is 1.73. The Hall–Kier alpha value is -1.85. The predicted octanol–water partition coefficient (Wildman–Crippen LogP) is -1.89. The van der Waals surface area contributed by atoms with Crippen LogP contribution >= 0.6 is 0 Å². The molecule has 2 fully saturated rings. The number of pyridine rings is 1. The molecule has 2 unspecified atom stereocenters. The molecule has 3 heterocycles. The maximum atomic E-state index is 13.6. The smallest absolute Gasteiger partial charge is 0.254 e. The standard InChI is InChI=1S/C20H32B3N5O4S/c1-19(30)7-3-4-15(19)28-16-12(10-14(17(28)29)20(21,22)23)11-24-18(26-16)25-13-5-8-27(9-6-13)33(2,31)32/h10-11,13,15,30H,3-9,21-23H2,1-2H3,(H,24,25,26). The predicted molar refractivity (Wildman–Crippen MR) is 138 cm³/mol. The molecule has 0 radical (unpaired) electrons. The molecule has 0 amide bonds. The lowest BCUT2D eigenvalue weighted by Crippen LogP contribution is -2.43. The molecule has 0 aromatic carbocycles. The summed E-state index contributed by atoms with van der Waals surface area (Å²) < 4.78 is 26.7. The van der Waals surface area contributed by atoms with E-state index in [1.807, 2.05) is 29.6 Å². The molecule has 176 valence electrons. The fourth-order valence-electron chi connectivity index (χ4n) is 5.07. The topological polar surface area (TPSA) is 117 Å². The van der Waals surface area contributed by atoms with E-state index < -0.39 is 15.6 Å². The van der Waals surface area contributed by atoms with Crippen LogP contribution in [0.1, 0.15) is 50.6 Å². The van der Waals surface area contributed by atoms with Crippen LogP contribution in [0.25, 0.3) is 11.0 Å². The van der Waals surface area contributed by atoms with E-state index in [1.165, 1.54) is 10.6 Å². The molecule has 2 aromatic rings. The van der Waals surface area contributed by atoms with Crippen LogP contribution in [0.15, 0.2) is 17.1 Å². The lowest BCUT2D eigenvalue weighted by atomic mass is 9.40. The van der Waals surface area contributed by atoms with Crippen molar-refractivity contribution in [2.75, 3.05) is 24.7 Å². The number of piperidine rings is 1. The fraction of sp³-hybridized carbons (Fsp3) is 0.650. The first kappa shape index (κ1) is 24.3. The number of rotatable bonds is 5. The van der Waals surface area contributed by atoms with Crippen molar-refractivity contribution in [3.05, 3.63) is 28.2 Å². The van der Waals surface area contributed by atoms with E-state index in [2.05, 4.69) is 10.3 Å². The van der Waals surface area contributed by atoms with E-state index in [1.54, 1.807) is 17.7 Å². The van der Waals surface area contributed by atoms with Gasteiger partial charge in [0.05, 0.1) is 41.4 Å². The molecule has 33 heavy (non-hydrogen) atoms. The minimum Gasteiger partial charge on any atom is -0.388 e. The largest absolute Gasteiger partial charge is 0.388 e. The van der Waals surface area contributed by atoms with Crippen LogP contribution in [-0.2, 0) is 15.1 Å². The van der Waals surface area contributed by atoms with Gasteiger partial charge in [-0.3, -0.25) is 9.36 Å². The second-order valence-corrected chi connectivity index (χ2v) is 12.8. The molecule has 1 aliphatic heterocycles. The van der Waals surface area contributed by atoms with Gasteiger partial charge >= 0.3 is 0 Å². The summed E-state index contributed by atoms with van der Waals surface area (Å²) in [6, 6.07) is 1.56. The van der Waals surface area contributed by atoms with Gasteiger partial charge in [0.1, 0.15) is 5.65 Å². The number of nitrogens with zero attached hydrogens (tertiary/aromatic N) is 4. The van der Waals surface area contributed by atoms with Crippen molar-refractivity contribution in [3.63, 3.8) is 0 Å². The first-order chi connectivity index (χ1) is 15.3. The molecule has 1 saturated carbocycles. The van der Waals surface area contributed by atoms with Crippen molar-refractivity contribution in [3.8, 4) is 0 Å². The molecule has 0 bridgehead atoms. The Morgan fingerprint density at radius 1 is 1.24 bits per heavy atom. The number of sulfonamides is 1. The third kappa shape index (κ3) is 4.86. The molecular formula is C20H32B3N5O4S. The molecule has 0 spiro atoms. The summed E-state index contributed by atoms with van der Waals surface area (Å²) in [6.45, 7) is 2.70. The van der Waals surface area contributed by atoms with Gasteiger partial charge in [0.15, 0.2) is 0 Å². The van der Waals surface area contributed by atoms with Gasteiger partial charge in [-0.25, -0.2) is 17.7 Å². The fourth-order valence-corrected chi connectivity index (χ4v) is 5.94. The van der Waals surface area contributed by atoms with Crippen LogP contribution in [-0.4, -0.2) is 86.9 Å². The second-order valence-electron chi connectivity index (χ2n) is 10.8. The Labute approximate surface area is 197 Å². The Morgan fingerprint density at radius 3 is 2.45 bits per heavy atom. The van der Waals surface area contributed by atoms with Crippen LogP contribution in [0, 0.1) is 0 Å². The third-order valence-electron chi connectivity index (χ3n) is 7.03. The highest BCUT2D eigenvalue weighted by Gasteiger charge is 2.40. The zero-order valence-corrected chi connectivity index (χ0v) is 20.9. The summed E-state index contributed by atoms with van der Waals surface area (Å²) in [4.78, 5) is 22.9. The lowest BCUT2D eigenvalue weighted by Gasteiger charge is -2.31. The van der Waals surface area contributed by atoms with Crippen molar-refractivity contribution in [2.45, 2.75) is 61.8 Å². The van der Waals surface area contributed by atoms with Crippen molar-refractivity contribution in [2.24, 2.45) is 0 Å². The van der Waals surface area contributed by atoms with Gasteiger partial charge < -0.3 is 10.4 Å². The second kappa shape index (κ2) is 8.43. The van der Waals surface area contributed by atoms with Gasteiger partial charge in [-0.15, -0.1) is 0 Å². The minimum atomic E-state index is -3.19. The zero-order valence-electron chi connectivity index (χ0n) is 20.1. The minimum absolute atomic E-state index is 0.0454. The Morgan fingerprint density at radius 2 is 1.91 bits per heavy atom. The van der Waals surface area contributed by atoms with E-state index >= 15 is 0 Å². The quantitative estimate of drug-likeness (QED) is 0.491. The van der Waals surface area contributed by atoms with Crippen LogP contribution in [0.2, 0.25) is 0 Å². The number of anilines is 1. The molecular weight excluding hydrogens is 439 g/mol. The number of aliphatic hydroxyl groups is 1. The van der Waals surface area contributed by atoms with Crippen LogP contribution in [0.5, 0.6) is 0 Å². The number of hydrogen-bond donors (Lipinski definition) is 2. The van der Waals surface area contributed by atoms with E-state index in [4.69, 9.17) is 4.98 Å². The van der Waals surface area contributed by atoms with Crippen molar-refractivity contribution in [1.29, 1.82) is 0 Å². The number of fused-ring (bicyclic) bond motifs is 1. The van der Waals surface area contributed by atoms with E-state index in [-0.39, 0.29) is 22.8 Å². The summed E-state index contributed by atoms with van der Waals surface area (Å²) in [5, 5.41) is 14.8. The van der Waals surface area contributed by atoms with Gasteiger partial charge in [-0.2, -0.15) is 4.98 Å².